The molecule has 1 amide bonds. The first-order chi connectivity index (χ1) is 17.8. The van der Waals surface area contributed by atoms with Gasteiger partial charge in [0, 0.05) is 48.9 Å². The third kappa shape index (κ3) is 5.76. The topological polar surface area (TPSA) is 56.7 Å². The molecule has 2 atom stereocenters. The molecule has 2 aliphatic rings. The smallest absolute Gasteiger partial charge is 0.254 e. The molecule has 0 saturated carbocycles. The molecular weight excluding hydrogens is 529 g/mol. The van der Waals surface area contributed by atoms with Crippen LogP contribution in [0.4, 0.5) is 0 Å². The lowest BCUT2D eigenvalue weighted by Crippen LogP contribution is -2.52. The van der Waals surface area contributed by atoms with E-state index in [0.29, 0.717) is 32.6 Å². The minimum Gasteiger partial charge on any atom is -0.396 e. The molecule has 8 heteroatoms. The van der Waals surface area contributed by atoms with Gasteiger partial charge in [0.05, 0.1) is 21.1 Å². The van der Waals surface area contributed by atoms with Crippen molar-refractivity contribution in [3.05, 3.63) is 74.4 Å². The monoisotopic (exact) mass is 559 g/mol. The molecule has 37 heavy (non-hydrogen) atoms. The number of benzene rings is 2. The van der Waals surface area contributed by atoms with Gasteiger partial charge < -0.3 is 10.0 Å². The number of aromatic nitrogens is 1. The molecule has 196 valence electrons. The summed E-state index contributed by atoms with van der Waals surface area (Å²) in [7, 11) is 0. The lowest BCUT2D eigenvalue weighted by Gasteiger charge is -2.44. The zero-order valence-electron chi connectivity index (χ0n) is 21.0. The van der Waals surface area contributed by atoms with Crippen molar-refractivity contribution in [2.75, 3.05) is 32.8 Å². The van der Waals surface area contributed by atoms with E-state index < -0.39 is 0 Å². The number of pyridine rings is 1. The van der Waals surface area contributed by atoms with Gasteiger partial charge in [0.2, 0.25) is 0 Å². The Morgan fingerprint density at radius 1 is 1.00 bits per heavy atom. The number of hydrogen-bond acceptors (Lipinski definition) is 4. The third-order valence-corrected chi connectivity index (χ3v) is 9.10. The lowest BCUT2D eigenvalue weighted by atomic mass is 9.80. The maximum Gasteiger partial charge on any atom is 0.254 e. The number of carbonyl (C=O) groups is 1. The zero-order valence-corrected chi connectivity index (χ0v) is 23.2. The number of fused-ring (bicyclic) bond motifs is 1. The minimum atomic E-state index is 0.0427. The molecule has 2 aromatic carbocycles. The van der Waals surface area contributed by atoms with Gasteiger partial charge in [-0.2, -0.15) is 0 Å². The van der Waals surface area contributed by atoms with Crippen LogP contribution in [0.25, 0.3) is 10.9 Å². The second kappa shape index (κ2) is 11.5. The molecule has 5 nitrogen and oxygen atoms in total. The summed E-state index contributed by atoms with van der Waals surface area (Å²) in [5, 5.41) is 12.8. The van der Waals surface area contributed by atoms with Crippen molar-refractivity contribution in [1.29, 1.82) is 0 Å². The van der Waals surface area contributed by atoms with Gasteiger partial charge in [-0.15, -0.1) is 0 Å². The van der Waals surface area contributed by atoms with Gasteiger partial charge in [0.15, 0.2) is 0 Å². The molecule has 3 heterocycles. The molecule has 2 saturated heterocycles. The van der Waals surface area contributed by atoms with Crippen molar-refractivity contribution in [3.63, 3.8) is 0 Å². The van der Waals surface area contributed by atoms with E-state index in [1.807, 2.05) is 42.2 Å². The Kier molecular flexibility index (Phi) is 8.28. The molecule has 1 N–H and O–H groups in total. The molecule has 1 unspecified atom stereocenters. The average molecular weight is 561 g/mol. The van der Waals surface area contributed by atoms with Crippen molar-refractivity contribution in [1.82, 2.24) is 14.8 Å². The number of rotatable bonds is 5. The van der Waals surface area contributed by atoms with Gasteiger partial charge in [0.25, 0.3) is 5.91 Å². The van der Waals surface area contributed by atoms with Crippen molar-refractivity contribution < 1.29 is 9.90 Å². The van der Waals surface area contributed by atoms with Crippen LogP contribution in [0.3, 0.4) is 0 Å². The van der Waals surface area contributed by atoms with Gasteiger partial charge in [-0.25, -0.2) is 0 Å². The van der Waals surface area contributed by atoms with E-state index in [1.54, 1.807) is 12.3 Å². The van der Waals surface area contributed by atoms with E-state index in [-0.39, 0.29) is 18.4 Å². The lowest BCUT2D eigenvalue weighted by molar-refractivity contribution is 0.0242. The quantitative estimate of drug-likeness (QED) is 0.399. The fourth-order valence-corrected chi connectivity index (χ4v) is 6.66. The molecule has 1 aromatic heterocycles. The third-order valence-electron chi connectivity index (χ3n) is 8.14. The summed E-state index contributed by atoms with van der Waals surface area (Å²) in [4.78, 5) is 22.4. The number of hydrogen-bond donors (Lipinski definition) is 1. The molecule has 3 aromatic rings. The van der Waals surface area contributed by atoms with Crippen LogP contribution in [0, 0.1) is 18.8 Å². The Hall–Kier alpha value is -1.89. The summed E-state index contributed by atoms with van der Waals surface area (Å²) in [6, 6.07) is 11.8. The molecule has 2 aliphatic heterocycles. The highest BCUT2D eigenvalue weighted by molar-refractivity contribution is 6.42. The average Bonchev–Trinajstić information content (AvgIpc) is 2.90. The van der Waals surface area contributed by atoms with E-state index >= 15 is 0 Å². The predicted molar refractivity (Wildman–Crippen MR) is 151 cm³/mol. The Morgan fingerprint density at radius 2 is 1.78 bits per heavy atom. The molecule has 0 bridgehead atoms. The van der Waals surface area contributed by atoms with Crippen LogP contribution in [-0.2, 0) is 6.42 Å². The van der Waals surface area contributed by atoms with Gasteiger partial charge in [-0.1, -0.05) is 40.9 Å². The molecule has 0 aliphatic carbocycles. The molecule has 0 spiro atoms. The largest absolute Gasteiger partial charge is 0.396 e. The van der Waals surface area contributed by atoms with E-state index in [4.69, 9.17) is 34.8 Å². The summed E-state index contributed by atoms with van der Waals surface area (Å²) < 4.78 is 0. The number of halogens is 3. The Bertz CT molecular complexity index is 1290. The van der Waals surface area contributed by atoms with Crippen molar-refractivity contribution in [2.24, 2.45) is 11.8 Å². The van der Waals surface area contributed by atoms with Crippen LogP contribution in [0.5, 0.6) is 0 Å². The number of amides is 1. The highest BCUT2D eigenvalue weighted by Gasteiger charge is 2.34. The minimum absolute atomic E-state index is 0.0427. The van der Waals surface area contributed by atoms with Gasteiger partial charge in [-0.05, 0) is 92.4 Å². The number of carbonyl (C=O) groups excluding carboxylic acids is 1. The number of piperidine rings is 2. The van der Waals surface area contributed by atoms with E-state index in [1.165, 1.54) is 5.56 Å². The molecule has 0 radical (unpaired) electrons. The van der Waals surface area contributed by atoms with E-state index in [0.717, 1.165) is 68.3 Å². The van der Waals surface area contributed by atoms with Crippen molar-refractivity contribution in [2.45, 2.75) is 38.6 Å². The SMILES string of the molecule is Cc1cc(Cl)cc2c(C(=O)N3CCC(N4CCC(Cc5ccc(Cl)c(Cl)c5)[C@H](CO)C4)CC3)ccnc12. The van der Waals surface area contributed by atoms with Crippen molar-refractivity contribution in [3.8, 4) is 0 Å². The maximum atomic E-state index is 13.5. The number of likely N-dealkylation sites (tertiary alicyclic amines) is 2. The van der Waals surface area contributed by atoms with Gasteiger partial charge in [-0.3, -0.25) is 14.7 Å². The number of aliphatic hydroxyl groups excluding tert-OH is 1. The van der Waals surface area contributed by atoms with Crippen LogP contribution < -0.4 is 0 Å². The van der Waals surface area contributed by atoms with Crippen LogP contribution >= 0.6 is 34.8 Å². The molecule has 5 rings (SSSR count). The summed E-state index contributed by atoms with van der Waals surface area (Å²) in [6.07, 6.45) is 5.51. The predicted octanol–water partition coefficient (Wildman–Crippen LogP) is 6.28. The first-order valence-corrected chi connectivity index (χ1v) is 14.1. The summed E-state index contributed by atoms with van der Waals surface area (Å²) in [5.41, 5.74) is 3.62. The zero-order chi connectivity index (χ0) is 26.1. The Balaban J connectivity index is 1.20. The highest BCUT2D eigenvalue weighted by atomic mass is 35.5. The maximum absolute atomic E-state index is 13.5. The Morgan fingerprint density at radius 3 is 2.51 bits per heavy atom. The normalized spacial score (nSPS) is 21.5. The fraction of sp³-hybridized carbons (Fsp3) is 0.448. The highest BCUT2D eigenvalue weighted by Crippen LogP contribution is 2.33. The molecular formula is C29H32Cl3N3O2. The van der Waals surface area contributed by atoms with E-state index in [2.05, 4.69) is 9.88 Å². The fourth-order valence-electron chi connectivity index (χ4n) is 6.06. The number of aliphatic hydroxyl groups is 1. The van der Waals surface area contributed by atoms with Crippen LogP contribution in [-0.4, -0.2) is 64.6 Å². The first-order valence-electron chi connectivity index (χ1n) is 13.0. The van der Waals surface area contributed by atoms with Crippen LogP contribution in [0.15, 0.2) is 42.6 Å². The van der Waals surface area contributed by atoms with Crippen molar-refractivity contribution >= 4 is 51.6 Å². The summed E-state index contributed by atoms with van der Waals surface area (Å²) in [6.45, 7) is 5.48. The number of nitrogens with zero attached hydrogens (tertiary/aromatic N) is 3. The Labute approximate surface area is 233 Å². The standard InChI is InChI=1S/C29H32Cl3N3O2/c1-18-12-22(30)15-25-24(4-8-33-28(18)25)29(37)34-10-6-23(7-11-34)35-9-5-20(21(16-35)17-36)13-19-2-3-26(31)27(32)14-19/h2-4,8,12,14-15,20-21,23,36H,5-7,9-11,13,16-17H2,1H3/t20?,21-/m0/s1. The van der Waals surface area contributed by atoms with Crippen LogP contribution in [0.2, 0.25) is 15.1 Å². The first kappa shape index (κ1) is 26.7. The van der Waals surface area contributed by atoms with Gasteiger partial charge >= 0.3 is 0 Å². The number of aryl methyl sites for hydroxylation is 1. The molecule has 2 fully saturated rings. The van der Waals surface area contributed by atoms with Gasteiger partial charge in [0.1, 0.15) is 0 Å². The van der Waals surface area contributed by atoms with Crippen LogP contribution in [0.1, 0.15) is 40.7 Å². The second-order valence-corrected chi connectivity index (χ2v) is 11.7. The summed E-state index contributed by atoms with van der Waals surface area (Å²) in [5.74, 6) is 0.676. The van der Waals surface area contributed by atoms with E-state index in [9.17, 15) is 9.90 Å². The second-order valence-electron chi connectivity index (χ2n) is 10.4. The summed E-state index contributed by atoms with van der Waals surface area (Å²) >= 11 is 18.6.